The molecule has 0 radical (unpaired) electrons. The summed E-state index contributed by atoms with van der Waals surface area (Å²) in [5.74, 6) is 0.357. The normalized spacial score (nSPS) is 14.7. The Morgan fingerprint density at radius 3 is 1.67 bits per heavy atom. The maximum absolute atomic E-state index is 11.9. The van der Waals surface area contributed by atoms with Crippen LogP contribution in [0.1, 0.15) is 98.8 Å². The average Bonchev–Trinajstić information content (AvgIpc) is 2.74. The highest BCUT2D eigenvalue weighted by atomic mass is 31.2. The number of phosphoric acid groups is 1. The van der Waals surface area contributed by atoms with Crippen LogP contribution in [-0.4, -0.2) is 30.7 Å². The molecular weight excluding hydrogens is 403 g/mol. The first kappa shape index (κ1) is 31.5. The monoisotopic (exact) mass is 450 g/mol. The van der Waals surface area contributed by atoms with Crippen LogP contribution in [0.5, 0.6) is 0 Å². The Labute approximate surface area is 185 Å². The zero-order valence-corrected chi connectivity index (χ0v) is 21.0. The van der Waals surface area contributed by atoms with Crippen LogP contribution in [0.2, 0.25) is 0 Å². The Hall–Kier alpha value is -0.680. The van der Waals surface area contributed by atoms with Crippen molar-refractivity contribution in [3.63, 3.8) is 0 Å². The van der Waals surface area contributed by atoms with Crippen LogP contribution in [0.25, 0.3) is 0 Å². The van der Waals surface area contributed by atoms with Crippen molar-refractivity contribution in [2.75, 3.05) is 19.8 Å². The second kappa shape index (κ2) is 21.5. The van der Waals surface area contributed by atoms with Gasteiger partial charge in [0, 0.05) is 6.08 Å². The van der Waals surface area contributed by atoms with E-state index < -0.39 is 7.82 Å². The Bertz CT molecular complexity index is 431. The lowest BCUT2D eigenvalue weighted by atomic mass is 10.0. The molecule has 0 aromatic carbocycles. The minimum Gasteiger partial charge on any atom is -0.463 e. The van der Waals surface area contributed by atoms with Crippen LogP contribution >= 0.6 is 7.82 Å². The first-order valence-corrected chi connectivity index (χ1v) is 13.2. The molecule has 0 saturated heterocycles. The van der Waals surface area contributed by atoms with E-state index in [1.54, 1.807) is 0 Å². The van der Waals surface area contributed by atoms with Crippen LogP contribution < -0.4 is 0 Å². The van der Waals surface area contributed by atoms with Gasteiger partial charge in [0.15, 0.2) is 0 Å². The molecule has 180 valence electrons. The van der Waals surface area contributed by atoms with Gasteiger partial charge in [-0.3, -0.25) is 9.05 Å². The maximum Gasteiger partial charge on any atom is 0.472 e. The van der Waals surface area contributed by atoms with E-state index in [1.165, 1.54) is 6.08 Å². The molecule has 0 bridgehead atoms. The van der Waals surface area contributed by atoms with E-state index in [0.29, 0.717) is 31.7 Å². The summed E-state index contributed by atoms with van der Waals surface area (Å²) in [6, 6.07) is 0. The summed E-state index contributed by atoms with van der Waals surface area (Å²) in [6.45, 7) is 14.9. The number of esters is 1. The number of rotatable bonds is 18. The molecule has 0 aromatic rings. The SMILES string of the molecule is C=CC(=O)OCCCC.CCCCC(CC)COP(=O)(O)OCC(CC)CCCC. The lowest BCUT2D eigenvalue weighted by molar-refractivity contribution is -0.137. The van der Waals surface area contributed by atoms with Gasteiger partial charge in [-0.2, -0.15) is 0 Å². The molecule has 2 atom stereocenters. The number of carbonyl (C=O) groups excluding carboxylic acids is 1. The van der Waals surface area contributed by atoms with Crippen LogP contribution in [0, 0.1) is 11.8 Å². The van der Waals surface area contributed by atoms with Crippen molar-refractivity contribution in [1.29, 1.82) is 0 Å². The van der Waals surface area contributed by atoms with Crippen LogP contribution in [-0.2, 0) is 23.1 Å². The molecule has 0 aliphatic heterocycles. The van der Waals surface area contributed by atoms with Gasteiger partial charge >= 0.3 is 13.8 Å². The molecule has 30 heavy (non-hydrogen) atoms. The topological polar surface area (TPSA) is 82.1 Å². The highest BCUT2D eigenvalue weighted by Gasteiger charge is 2.24. The predicted octanol–water partition coefficient (Wildman–Crippen LogP) is 7.07. The molecule has 0 heterocycles. The Balaban J connectivity index is 0. The van der Waals surface area contributed by atoms with Gasteiger partial charge in [0.25, 0.3) is 0 Å². The van der Waals surface area contributed by atoms with Gasteiger partial charge in [-0.15, -0.1) is 0 Å². The van der Waals surface area contributed by atoms with Gasteiger partial charge in [-0.25, -0.2) is 9.36 Å². The Morgan fingerprint density at radius 1 is 0.900 bits per heavy atom. The van der Waals surface area contributed by atoms with Crippen molar-refractivity contribution in [3.8, 4) is 0 Å². The summed E-state index contributed by atoms with van der Waals surface area (Å²) in [6.07, 6.45) is 11.7. The number of carbonyl (C=O) groups is 1. The third-order valence-corrected chi connectivity index (χ3v) is 5.89. The number of hydrogen-bond acceptors (Lipinski definition) is 5. The smallest absolute Gasteiger partial charge is 0.463 e. The maximum atomic E-state index is 11.9. The molecule has 0 saturated carbocycles. The van der Waals surface area contributed by atoms with Crippen molar-refractivity contribution >= 4 is 13.8 Å². The zero-order chi connectivity index (χ0) is 23.3. The molecule has 0 spiro atoms. The molecule has 0 aliphatic rings. The summed E-state index contributed by atoms with van der Waals surface area (Å²) in [7, 11) is -3.89. The third kappa shape index (κ3) is 20.6. The van der Waals surface area contributed by atoms with Crippen molar-refractivity contribution in [3.05, 3.63) is 12.7 Å². The van der Waals surface area contributed by atoms with E-state index in [-0.39, 0.29) is 5.97 Å². The molecule has 2 unspecified atom stereocenters. The Morgan fingerprint density at radius 2 is 1.33 bits per heavy atom. The molecular formula is C23H47O6P. The lowest BCUT2D eigenvalue weighted by Gasteiger charge is -2.20. The molecule has 0 rings (SSSR count). The first-order valence-electron chi connectivity index (χ1n) is 11.7. The second-order valence-electron chi connectivity index (χ2n) is 7.62. The first-order chi connectivity index (χ1) is 14.3. The minimum atomic E-state index is -3.89. The summed E-state index contributed by atoms with van der Waals surface area (Å²) in [5.41, 5.74) is 0. The van der Waals surface area contributed by atoms with Gasteiger partial charge < -0.3 is 9.63 Å². The lowest BCUT2D eigenvalue weighted by Crippen LogP contribution is -2.12. The number of unbranched alkanes of at least 4 members (excludes halogenated alkanes) is 3. The molecule has 0 aliphatic carbocycles. The van der Waals surface area contributed by atoms with Crippen molar-refractivity contribution in [2.24, 2.45) is 11.8 Å². The van der Waals surface area contributed by atoms with Crippen molar-refractivity contribution in [2.45, 2.75) is 98.8 Å². The van der Waals surface area contributed by atoms with Gasteiger partial charge in [-0.05, 0) is 31.1 Å². The summed E-state index contributed by atoms with van der Waals surface area (Å²) < 4.78 is 26.9. The fourth-order valence-electron chi connectivity index (χ4n) is 2.61. The molecule has 6 nitrogen and oxygen atoms in total. The molecule has 0 fully saturated rings. The number of hydrogen-bond donors (Lipinski definition) is 1. The standard InChI is InChI=1S/C16H35O4P.C7H12O2/c1-5-9-11-15(7-3)13-19-21(17,18)20-14-16(8-4)12-10-6-2;1-3-5-6-9-7(8)4-2/h15-16H,5-14H2,1-4H3,(H,17,18);4H,2-3,5-6H2,1H3. The van der Waals surface area contributed by atoms with Crippen molar-refractivity contribution < 1.29 is 28.0 Å². The van der Waals surface area contributed by atoms with Crippen LogP contribution in [0.15, 0.2) is 12.7 Å². The van der Waals surface area contributed by atoms with E-state index in [4.69, 9.17) is 9.05 Å². The quantitative estimate of drug-likeness (QED) is 0.104. The number of phosphoric ester groups is 1. The fourth-order valence-corrected chi connectivity index (χ4v) is 3.48. The van der Waals surface area contributed by atoms with E-state index in [0.717, 1.165) is 64.2 Å². The van der Waals surface area contributed by atoms with Crippen molar-refractivity contribution in [1.82, 2.24) is 0 Å². The third-order valence-electron chi connectivity index (χ3n) is 4.94. The molecule has 7 heteroatoms. The largest absolute Gasteiger partial charge is 0.472 e. The molecule has 0 amide bonds. The Kier molecular flexibility index (Phi) is 22.6. The summed E-state index contributed by atoms with van der Waals surface area (Å²) in [5, 5.41) is 0. The number of ether oxygens (including phenoxy) is 1. The fraction of sp³-hybridized carbons (Fsp3) is 0.870. The van der Waals surface area contributed by atoms with Gasteiger partial charge in [0.05, 0.1) is 19.8 Å². The van der Waals surface area contributed by atoms with E-state index in [2.05, 4.69) is 39.0 Å². The average molecular weight is 451 g/mol. The minimum absolute atomic E-state index is 0.316. The van der Waals surface area contributed by atoms with E-state index in [1.807, 2.05) is 6.92 Å². The predicted molar refractivity (Wildman–Crippen MR) is 124 cm³/mol. The highest BCUT2D eigenvalue weighted by molar-refractivity contribution is 7.47. The van der Waals surface area contributed by atoms with E-state index >= 15 is 0 Å². The van der Waals surface area contributed by atoms with Gasteiger partial charge in [-0.1, -0.05) is 86.1 Å². The summed E-state index contributed by atoms with van der Waals surface area (Å²) >= 11 is 0. The van der Waals surface area contributed by atoms with Gasteiger partial charge in [0.1, 0.15) is 0 Å². The zero-order valence-electron chi connectivity index (χ0n) is 20.1. The van der Waals surface area contributed by atoms with Crippen LogP contribution in [0.3, 0.4) is 0 Å². The second-order valence-corrected chi connectivity index (χ2v) is 9.07. The van der Waals surface area contributed by atoms with Crippen LogP contribution in [0.4, 0.5) is 0 Å². The summed E-state index contributed by atoms with van der Waals surface area (Å²) in [4.78, 5) is 20.1. The van der Waals surface area contributed by atoms with Gasteiger partial charge in [0.2, 0.25) is 0 Å². The highest BCUT2D eigenvalue weighted by Crippen LogP contribution is 2.44. The molecule has 1 N–H and O–H groups in total. The van der Waals surface area contributed by atoms with E-state index in [9.17, 15) is 14.3 Å². The molecule has 0 aromatic heterocycles.